The molecule has 0 spiro atoms. The first-order chi connectivity index (χ1) is 15.0. The maximum Gasteiger partial charge on any atom is 0.262 e. The fraction of sp³-hybridized carbons (Fsp3) is 0.400. The fourth-order valence-corrected chi connectivity index (χ4v) is 4.24. The standard InChI is InChI=1S/C20H21N7O4/c28-15-6-5-14(17(29)23-15)27-18(30)11-4-3-10(8-12(11)19(27)31)9-22-20-24-16(25-26-20)13-2-1-7-21-13/h3-4,8,13-14,21H,1-2,5-7,9H2,(H,23,28,29)(H2,22,24,25,26). The predicted molar refractivity (Wildman–Crippen MR) is 107 cm³/mol. The van der Waals surface area contributed by atoms with E-state index in [0.29, 0.717) is 12.5 Å². The van der Waals surface area contributed by atoms with Crippen molar-refractivity contribution in [3.63, 3.8) is 0 Å². The molecule has 2 fully saturated rings. The van der Waals surface area contributed by atoms with E-state index in [9.17, 15) is 19.2 Å². The van der Waals surface area contributed by atoms with Crippen molar-refractivity contribution in [2.45, 2.75) is 44.3 Å². The molecule has 2 aromatic rings. The summed E-state index contributed by atoms with van der Waals surface area (Å²) in [6, 6.07) is 4.19. The average Bonchev–Trinajstić information content (AvgIpc) is 3.49. The first-order valence-corrected chi connectivity index (χ1v) is 10.3. The zero-order chi connectivity index (χ0) is 21.5. The highest BCUT2D eigenvalue weighted by atomic mass is 16.2. The van der Waals surface area contributed by atoms with Crippen LogP contribution in [-0.4, -0.2) is 56.3 Å². The van der Waals surface area contributed by atoms with Gasteiger partial charge in [0.05, 0.1) is 17.2 Å². The van der Waals surface area contributed by atoms with Gasteiger partial charge in [-0.1, -0.05) is 6.07 Å². The summed E-state index contributed by atoms with van der Waals surface area (Å²) in [5.41, 5.74) is 1.28. The van der Waals surface area contributed by atoms with E-state index in [4.69, 9.17) is 0 Å². The second-order valence-corrected chi connectivity index (χ2v) is 7.87. The van der Waals surface area contributed by atoms with Gasteiger partial charge in [-0.2, -0.15) is 4.98 Å². The lowest BCUT2D eigenvalue weighted by Gasteiger charge is -2.27. The minimum Gasteiger partial charge on any atom is -0.349 e. The molecular weight excluding hydrogens is 402 g/mol. The van der Waals surface area contributed by atoms with Crippen molar-refractivity contribution >= 4 is 29.6 Å². The average molecular weight is 423 g/mol. The smallest absolute Gasteiger partial charge is 0.262 e. The highest BCUT2D eigenvalue weighted by molar-refractivity contribution is 6.23. The lowest BCUT2D eigenvalue weighted by atomic mass is 10.0. The van der Waals surface area contributed by atoms with Gasteiger partial charge in [0.1, 0.15) is 11.9 Å². The van der Waals surface area contributed by atoms with E-state index < -0.39 is 29.7 Å². The van der Waals surface area contributed by atoms with Crippen molar-refractivity contribution in [3.8, 4) is 0 Å². The normalized spacial score (nSPS) is 23.3. The largest absolute Gasteiger partial charge is 0.349 e. The number of carbonyl (C=O) groups excluding carboxylic acids is 4. The Morgan fingerprint density at radius 2 is 1.94 bits per heavy atom. The Morgan fingerprint density at radius 1 is 1.10 bits per heavy atom. The first-order valence-electron chi connectivity index (χ1n) is 10.3. The third kappa shape index (κ3) is 3.46. The molecule has 3 aliphatic rings. The number of hydrogen-bond acceptors (Lipinski definition) is 8. The number of carbonyl (C=O) groups is 4. The molecule has 0 radical (unpaired) electrons. The molecule has 2 atom stereocenters. The van der Waals surface area contributed by atoms with Crippen molar-refractivity contribution in [1.82, 2.24) is 30.7 Å². The van der Waals surface area contributed by atoms with Gasteiger partial charge in [0.2, 0.25) is 17.8 Å². The Labute approximate surface area is 177 Å². The number of H-pyrrole nitrogens is 1. The van der Waals surface area contributed by atoms with Crippen molar-refractivity contribution in [2.24, 2.45) is 0 Å². The number of hydrogen-bond donors (Lipinski definition) is 4. The molecule has 2 unspecified atom stereocenters. The number of anilines is 1. The number of aromatic nitrogens is 3. The zero-order valence-corrected chi connectivity index (χ0v) is 16.6. The second-order valence-electron chi connectivity index (χ2n) is 7.87. The summed E-state index contributed by atoms with van der Waals surface area (Å²) in [7, 11) is 0. The van der Waals surface area contributed by atoms with Crippen LogP contribution in [0.3, 0.4) is 0 Å². The van der Waals surface area contributed by atoms with Crippen molar-refractivity contribution in [3.05, 3.63) is 40.7 Å². The van der Waals surface area contributed by atoms with Crippen LogP contribution in [0.15, 0.2) is 18.2 Å². The molecule has 160 valence electrons. The number of fused-ring (bicyclic) bond motifs is 1. The van der Waals surface area contributed by atoms with Crippen LogP contribution in [0.25, 0.3) is 0 Å². The number of nitrogens with zero attached hydrogens (tertiary/aromatic N) is 3. The van der Waals surface area contributed by atoms with E-state index >= 15 is 0 Å². The summed E-state index contributed by atoms with van der Waals surface area (Å²) < 4.78 is 0. The van der Waals surface area contributed by atoms with Gasteiger partial charge in [-0.05, 0) is 43.5 Å². The Hall–Kier alpha value is -3.60. The summed E-state index contributed by atoms with van der Waals surface area (Å²) in [6.45, 7) is 1.33. The fourth-order valence-electron chi connectivity index (χ4n) is 4.24. The third-order valence-electron chi connectivity index (χ3n) is 5.85. The quantitative estimate of drug-likeness (QED) is 0.500. The second kappa shape index (κ2) is 7.58. The molecular formula is C20H21N7O4. The molecule has 0 bridgehead atoms. The van der Waals surface area contributed by atoms with Gasteiger partial charge >= 0.3 is 0 Å². The molecule has 11 nitrogen and oxygen atoms in total. The summed E-state index contributed by atoms with van der Waals surface area (Å²) >= 11 is 0. The van der Waals surface area contributed by atoms with E-state index in [1.807, 2.05) is 0 Å². The molecule has 2 saturated heterocycles. The van der Waals surface area contributed by atoms with E-state index in [0.717, 1.165) is 35.7 Å². The van der Waals surface area contributed by atoms with Crippen LogP contribution < -0.4 is 16.0 Å². The van der Waals surface area contributed by atoms with Gasteiger partial charge in [0.15, 0.2) is 0 Å². The third-order valence-corrected chi connectivity index (χ3v) is 5.85. The maximum atomic E-state index is 12.9. The predicted octanol–water partition coefficient (Wildman–Crippen LogP) is 0.243. The van der Waals surface area contributed by atoms with E-state index in [2.05, 4.69) is 31.1 Å². The lowest BCUT2D eigenvalue weighted by Crippen LogP contribution is -2.54. The maximum absolute atomic E-state index is 12.9. The summed E-state index contributed by atoms with van der Waals surface area (Å²) in [5.74, 6) is -0.818. The minimum absolute atomic E-state index is 0.0913. The molecule has 11 heteroatoms. The van der Waals surface area contributed by atoms with Gasteiger partial charge in [0, 0.05) is 13.0 Å². The number of nitrogens with one attached hydrogen (secondary N) is 4. The first kappa shape index (κ1) is 19.4. The van der Waals surface area contributed by atoms with Crippen LogP contribution in [0, 0.1) is 0 Å². The molecule has 5 rings (SSSR count). The Bertz CT molecular complexity index is 1090. The minimum atomic E-state index is -0.970. The summed E-state index contributed by atoms with van der Waals surface area (Å²) in [4.78, 5) is 54.6. The van der Waals surface area contributed by atoms with Crippen LogP contribution in [0.4, 0.5) is 5.95 Å². The number of aromatic amines is 1. The highest BCUT2D eigenvalue weighted by Gasteiger charge is 2.44. The van der Waals surface area contributed by atoms with Crippen molar-refractivity contribution < 1.29 is 19.2 Å². The SMILES string of the molecule is O=C1CCC(N2C(=O)c3ccc(CNc4n[nH]c(C5CCCN5)n4)cc3C2=O)C(=O)N1. The van der Waals surface area contributed by atoms with Crippen LogP contribution in [0.5, 0.6) is 0 Å². The zero-order valence-electron chi connectivity index (χ0n) is 16.6. The number of imide groups is 2. The molecule has 1 aromatic heterocycles. The number of rotatable bonds is 5. The van der Waals surface area contributed by atoms with Gasteiger partial charge in [-0.3, -0.25) is 34.5 Å². The van der Waals surface area contributed by atoms with Crippen molar-refractivity contribution in [1.29, 1.82) is 0 Å². The number of piperidine rings is 1. The highest BCUT2D eigenvalue weighted by Crippen LogP contribution is 2.28. The topological polar surface area (TPSA) is 149 Å². The molecule has 4 heterocycles. The Morgan fingerprint density at radius 3 is 2.71 bits per heavy atom. The molecule has 31 heavy (non-hydrogen) atoms. The van der Waals surface area contributed by atoms with Crippen LogP contribution >= 0.6 is 0 Å². The summed E-state index contributed by atoms with van der Waals surface area (Å²) in [6.07, 6.45) is 2.34. The molecule has 0 aliphatic carbocycles. The molecule has 0 saturated carbocycles. The van der Waals surface area contributed by atoms with Crippen molar-refractivity contribution in [2.75, 3.05) is 11.9 Å². The van der Waals surface area contributed by atoms with Gasteiger partial charge in [0.25, 0.3) is 11.8 Å². The van der Waals surface area contributed by atoms with E-state index in [-0.39, 0.29) is 30.0 Å². The van der Waals surface area contributed by atoms with Gasteiger partial charge < -0.3 is 10.6 Å². The molecule has 4 amide bonds. The summed E-state index contributed by atoms with van der Waals surface area (Å²) in [5, 5.41) is 15.8. The van der Waals surface area contributed by atoms with Gasteiger partial charge in [-0.15, -0.1) is 5.10 Å². The lowest BCUT2D eigenvalue weighted by molar-refractivity contribution is -0.136. The molecule has 3 aliphatic heterocycles. The van der Waals surface area contributed by atoms with Crippen LogP contribution in [0.1, 0.15) is 63.8 Å². The van der Waals surface area contributed by atoms with Crippen LogP contribution in [0.2, 0.25) is 0 Å². The Balaban J connectivity index is 1.29. The van der Waals surface area contributed by atoms with Crippen LogP contribution in [-0.2, 0) is 16.1 Å². The van der Waals surface area contributed by atoms with Gasteiger partial charge in [-0.25, -0.2) is 0 Å². The Kier molecular flexibility index (Phi) is 4.74. The van der Waals surface area contributed by atoms with E-state index in [1.54, 1.807) is 18.2 Å². The number of benzene rings is 1. The molecule has 4 N–H and O–H groups in total. The monoisotopic (exact) mass is 423 g/mol. The van der Waals surface area contributed by atoms with E-state index in [1.165, 1.54) is 0 Å². The number of amides is 4. The molecule has 1 aromatic carbocycles.